The Hall–Kier alpha value is -3.18. The van der Waals surface area contributed by atoms with Crippen LogP contribution in [-0.4, -0.2) is 73.1 Å². The second-order valence-electron chi connectivity index (χ2n) is 5.58. The minimum absolute atomic E-state index is 0.0576. The van der Waals surface area contributed by atoms with Crippen molar-refractivity contribution in [3.63, 3.8) is 0 Å². The number of aliphatic carboxylic acids is 2. The van der Waals surface area contributed by atoms with E-state index in [2.05, 4.69) is 0 Å². The summed E-state index contributed by atoms with van der Waals surface area (Å²) in [7, 11) is 0. The number of carboxylic acid groups (broad SMARTS) is 2. The molecular formula is C16H19N3O8. The Labute approximate surface area is 153 Å². The van der Waals surface area contributed by atoms with E-state index in [4.69, 9.17) is 35.0 Å². The normalized spacial score (nSPS) is 19.2. The topological polar surface area (TPSA) is 160 Å². The fourth-order valence-corrected chi connectivity index (χ4v) is 2.46. The van der Waals surface area contributed by atoms with Crippen LogP contribution in [0.2, 0.25) is 0 Å². The Morgan fingerprint density at radius 2 is 1.63 bits per heavy atom. The molecule has 4 N–H and O–H groups in total. The number of cyclic esters (lactones) is 1. The lowest BCUT2D eigenvalue weighted by atomic mass is 10.2. The summed E-state index contributed by atoms with van der Waals surface area (Å²) in [5.41, 5.74) is 7.05. The first-order chi connectivity index (χ1) is 12.8. The molecule has 27 heavy (non-hydrogen) atoms. The van der Waals surface area contributed by atoms with Gasteiger partial charge >= 0.3 is 18.0 Å². The molecule has 0 bridgehead atoms. The maximum absolute atomic E-state index is 11.8. The molecule has 1 aromatic rings. The molecule has 146 valence electrons. The Morgan fingerprint density at radius 3 is 2.07 bits per heavy atom. The van der Waals surface area contributed by atoms with Gasteiger partial charge < -0.3 is 30.3 Å². The van der Waals surface area contributed by atoms with Gasteiger partial charge in [-0.15, -0.1) is 0 Å². The fourth-order valence-electron chi connectivity index (χ4n) is 2.46. The van der Waals surface area contributed by atoms with Gasteiger partial charge in [-0.3, -0.25) is 9.69 Å². The van der Waals surface area contributed by atoms with Crippen LogP contribution in [0, 0.1) is 0 Å². The Balaban J connectivity index is 0.000000380. The van der Waals surface area contributed by atoms with Crippen LogP contribution in [0.4, 0.5) is 16.2 Å². The van der Waals surface area contributed by atoms with Gasteiger partial charge in [0, 0.05) is 24.5 Å². The summed E-state index contributed by atoms with van der Waals surface area (Å²) in [5.74, 6) is -3.71. The van der Waals surface area contributed by atoms with Gasteiger partial charge in [0.15, 0.2) is 0 Å². The number of nitrogens with two attached hydrogens (primary N) is 1. The van der Waals surface area contributed by atoms with Gasteiger partial charge in [-0.2, -0.15) is 0 Å². The van der Waals surface area contributed by atoms with Crippen molar-refractivity contribution in [2.24, 2.45) is 5.73 Å². The number of rotatable bonds is 3. The molecule has 2 aliphatic rings. The van der Waals surface area contributed by atoms with Crippen molar-refractivity contribution < 1.29 is 38.9 Å². The number of nitrogens with zero attached hydrogens (tertiary/aromatic N) is 2. The number of carbonyl (C=O) groups is 4. The van der Waals surface area contributed by atoms with Crippen LogP contribution in [0.3, 0.4) is 0 Å². The van der Waals surface area contributed by atoms with Crippen molar-refractivity contribution >= 4 is 35.3 Å². The van der Waals surface area contributed by atoms with Crippen LogP contribution >= 0.6 is 0 Å². The first-order valence-corrected chi connectivity index (χ1v) is 7.96. The summed E-state index contributed by atoms with van der Waals surface area (Å²) in [4.78, 5) is 44.9. The van der Waals surface area contributed by atoms with Crippen LogP contribution in [0.1, 0.15) is 0 Å². The van der Waals surface area contributed by atoms with Gasteiger partial charge in [-0.1, -0.05) is 0 Å². The number of ether oxygens (including phenoxy) is 2. The van der Waals surface area contributed by atoms with Crippen molar-refractivity contribution in [1.29, 1.82) is 0 Å². The van der Waals surface area contributed by atoms with E-state index < -0.39 is 11.9 Å². The van der Waals surface area contributed by atoms with Gasteiger partial charge in [0.05, 0.1) is 13.2 Å². The summed E-state index contributed by atoms with van der Waals surface area (Å²) < 4.78 is 10.2. The maximum atomic E-state index is 11.8. The number of hydrogen-bond acceptors (Lipinski definition) is 7. The van der Waals surface area contributed by atoms with Crippen molar-refractivity contribution in [2.75, 3.05) is 42.6 Å². The number of hydrogen-bond donors (Lipinski definition) is 3. The minimum Gasteiger partial charge on any atom is -0.473 e. The van der Waals surface area contributed by atoms with E-state index in [1.165, 1.54) is 0 Å². The SMILES string of the molecule is NC[C@H]1CN(c2ccc(N3CCOCC3=O)cc2)C(=O)O1.O=C(O)C(=O)O. The highest BCUT2D eigenvalue weighted by atomic mass is 16.6. The molecule has 0 radical (unpaired) electrons. The van der Waals surface area contributed by atoms with Crippen LogP contribution in [0.25, 0.3) is 0 Å². The van der Waals surface area contributed by atoms with E-state index in [1.54, 1.807) is 21.9 Å². The second kappa shape index (κ2) is 8.96. The van der Waals surface area contributed by atoms with Gasteiger partial charge in [-0.05, 0) is 24.3 Å². The molecule has 2 saturated heterocycles. The zero-order chi connectivity index (χ0) is 20.0. The van der Waals surface area contributed by atoms with E-state index in [1.807, 2.05) is 12.1 Å². The maximum Gasteiger partial charge on any atom is 0.414 e. The molecule has 0 saturated carbocycles. The predicted molar refractivity (Wildman–Crippen MR) is 91.6 cm³/mol. The van der Waals surface area contributed by atoms with E-state index >= 15 is 0 Å². The molecule has 1 aromatic carbocycles. The fraction of sp³-hybridized carbons (Fsp3) is 0.375. The van der Waals surface area contributed by atoms with Gasteiger partial charge in [-0.25, -0.2) is 14.4 Å². The van der Waals surface area contributed by atoms with E-state index in [9.17, 15) is 9.59 Å². The van der Waals surface area contributed by atoms with Crippen LogP contribution in [0.15, 0.2) is 24.3 Å². The van der Waals surface area contributed by atoms with Crippen LogP contribution in [0.5, 0.6) is 0 Å². The van der Waals surface area contributed by atoms with Gasteiger partial charge in [0.25, 0.3) is 5.91 Å². The van der Waals surface area contributed by atoms with Gasteiger partial charge in [0.2, 0.25) is 0 Å². The number of carbonyl (C=O) groups excluding carboxylic acids is 2. The third kappa shape index (κ3) is 5.15. The molecule has 11 heteroatoms. The van der Waals surface area contributed by atoms with E-state index in [0.717, 1.165) is 11.4 Å². The smallest absolute Gasteiger partial charge is 0.414 e. The highest BCUT2D eigenvalue weighted by molar-refractivity contribution is 6.27. The molecule has 0 aromatic heterocycles. The summed E-state index contributed by atoms with van der Waals surface area (Å²) in [6.07, 6.45) is -0.654. The van der Waals surface area contributed by atoms with Gasteiger partial charge in [0.1, 0.15) is 12.7 Å². The highest BCUT2D eigenvalue weighted by Crippen LogP contribution is 2.25. The molecule has 2 aliphatic heterocycles. The highest BCUT2D eigenvalue weighted by Gasteiger charge is 2.31. The van der Waals surface area contributed by atoms with Crippen molar-refractivity contribution in [3.05, 3.63) is 24.3 Å². The van der Waals surface area contributed by atoms with Crippen molar-refractivity contribution in [2.45, 2.75) is 6.10 Å². The molecule has 2 amide bonds. The van der Waals surface area contributed by atoms with Crippen LogP contribution < -0.4 is 15.5 Å². The number of morpholine rings is 1. The average Bonchev–Trinajstić information content (AvgIpc) is 3.04. The number of carboxylic acids is 2. The number of anilines is 2. The first-order valence-electron chi connectivity index (χ1n) is 7.96. The van der Waals surface area contributed by atoms with E-state index in [-0.39, 0.29) is 24.7 Å². The van der Waals surface area contributed by atoms with Crippen LogP contribution in [-0.2, 0) is 23.9 Å². The Bertz CT molecular complexity index is 709. The van der Waals surface area contributed by atoms with Crippen molar-refractivity contribution in [3.8, 4) is 0 Å². The first kappa shape index (κ1) is 20.1. The minimum atomic E-state index is -1.82. The number of benzene rings is 1. The summed E-state index contributed by atoms with van der Waals surface area (Å²) in [6, 6.07) is 7.25. The molecule has 2 heterocycles. The zero-order valence-electron chi connectivity index (χ0n) is 14.2. The lowest BCUT2D eigenvalue weighted by Gasteiger charge is -2.27. The average molecular weight is 381 g/mol. The monoisotopic (exact) mass is 381 g/mol. The second-order valence-corrected chi connectivity index (χ2v) is 5.58. The molecule has 0 aliphatic carbocycles. The third-order valence-corrected chi connectivity index (χ3v) is 3.78. The quantitative estimate of drug-likeness (QED) is 0.586. The summed E-state index contributed by atoms with van der Waals surface area (Å²) in [5, 5.41) is 14.8. The Morgan fingerprint density at radius 1 is 1.07 bits per heavy atom. The largest absolute Gasteiger partial charge is 0.473 e. The predicted octanol–water partition coefficient (Wildman–Crippen LogP) is -0.511. The molecule has 0 unspecified atom stereocenters. The molecule has 2 fully saturated rings. The Kier molecular flexibility index (Phi) is 6.68. The lowest BCUT2D eigenvalue weighted by Crippen LogP contribution is -2.41. The lowest BCUT2D eigenvalue weighted by molar-refractivity contribution is -0.159. The molecule has 1 atom stereocenters. The van der Waals surface area contributed by atoms with Crippen molar-refractivity contribution in [1.82, 2.24) is 0 Å². The molecule has 11 nitrogen and oxygen atoms in total. The number of amides is 2. The summed E-state index contributed by atoms with van der Waals surface area (Å²) in [6.45, 7) is 1.94. The molecule has 0 spiro atoms. The molecule has 3 rings (SSSR count). The van der Waals surface area contributed by atoms with E-state index in [0.29, 0.717) is 26.2 Å². The zero-order valence-corrected chi connectivity index (χ0v) is 14.2. The summed E-state index contributed by atoms with van der Waals surface area (Å²) >= 11 is 0. The standard InChI is InChI=1S/C14H17N3O4.C2H2O4/c15-7-12-8-17(14(19)21-12)11-3-1-10(2-4-11)16-5-6-20-9-13(16)18;3-1(4)2(5)6/h1-4,12H,5-9,15H2;(H,3,4)(H,5,6)/t12-;/m0./s1. The molecular weight excluding hydrogens is 362 g/mol. The third-order valence-electron chi connectivity index (χ3n) is 3.78.